The van der Waals surface area contributed by atoms with Gasteiger partial charge in [0.25, 0.3) is 11.5 Å². The number of carbonyl (C=O) groups excluding carboxylic acids is 2. The first-order valence-corrected chi connectivity index (χ1v) is 10.3. The van der Waals surface area contributed by atoms with Crippen LogP contribution >= 0.6 is 0 Å². The Morgan fingerprint density at radius 2 is 1.81 bits per heavy atom. The van der Waals surface area contributed by atoms with Gasteiger partial charge in [-0.1, -0.05) is 18.9 Å². The minimum Gasteiger partial charge on any atom is -0.493 e. The van der Waals surface area contributed by atoms with E-state index in [1.165, 1.54) is 24.8 Å². The second kappa shape index (κ2) is 8.70. The van der Waals surface area contributed by atoms with Gasteiger partial charge >= 0.3 is 0 Å². The van der Waals surface area contributed by atoms with Gasteiger partial charge in [-0.2, -0.15) is 0 Å². The molecule has 0 saturated heterocycles. The van der Waals surface area contributed by atoms with Crippen molar-refractivity contribution in [1.29, 1.82) is 0 Å². The lowest BCUT2D eigenvalue weighted by Gasteiger charge is -2.29. The molecule has 2 heterocycles. The number of anilines is 1. The molecule has 9 nitrogen and oxygen atoms in total. The molecule has 0 spiro atoms. The lowest BCUT2D eigenvalue weighted by atomic mass is 9.95. The molecule has 0 atom stereocenters. The van der Waals surface area contributed by atoms with E-state index in [1.807, 2.05) is 0 Å². The molecule has 0 bridgehead atoms. The van der Waals surface area contributed by atoms with Gasteiger partial charge < -0.3 is 20.1 Å². The number of ether oxygens (including phenoxy) is 2. The highest BCUT2D eigenvalue weighted by atomic mass is 16.5. The number of hydrogen-bond acceptors (Lipinski definition) is 6. The molecule has 32 heavy (non-hydrogen) atoms. The highest BCUT2D eigenvalue weighted by Crippen LogP contribution is 2.33. The molecule has 166 valence electrons. The number of hydrogen-bond donors (Lipinski definition) is 2. The van der Waals surface area contributed by atoms with Crippen molar-refractivity contribution in [3.05, 3.63) is 64.7 Å². The van der Waals surface area contributed by atoms with Gasteiger partial charge in [-0.25, -0.2) is 4.98 Å². The van der Waals surface area contributed by atoms with Gasteiger partial charge in [0.1, 0.15) is 16.7 Å². The standard InChI is InChI=1S/C23H24N4O5/c1-31-17-9-8-15(13-18(17)32-2)25-22(30)23(10-4-5-11-23)26-20(28)16-14-24-19-7-3-6-12-27(19)21(16)29/h3,6-9,12-14H,4-5,10-11H2,1-2H3,(H,25,30)(H,26,28). The molecular weight excluding hydrogens is 412 g/mol. The summed E-state index contributed by atoms with van der Waals surface area (Å²) in [5.74, 6) is 0.0539. The van der Waals surface area contributed by atoms with E-state index in [4.69, 9.17) is 9.47 Å². The molecule has 1 saturated carbocycles. The van der Waals surface area contributed by atoms with Crippen LogP contribution in [0.25, 0.3) is 5.65 Å². The molecule has 1 aliphatic rings. The lowest BCUT2D eigenvalue weighted by molar-refractivity contribution is -0.122. The molecular formula is C23H24N4O5. The van der Waals surface area contributed by atoms with Crippen LogP contribution in [0.2, 0.25) is 0 Å². The quantitative estimate of drug-likeness (QED) is 0.614. The molecule has 1 aromatic carbocycles. The van der Waals surface area contributed by atoms with Crippen LogP contribution in [0.3, 0.4) is 0 Å². The van der Waals surface area contributed by atoms with Crippen LogP contribution in [0.15, 0.2) is 53.6 Å². The average molecular weight is 436 g/mol. The van der Waals surface area contributed by atoms with Crippen LogP contribution < -0.4 is 25.7 Å². The van der Waals surface area contributed by atoms with E-state index in [9.17, 15) is 14.4 Å². The van der Waals surface area contributed by atoms with Crippen LogP contribution in [-0.2, 0) is 4.79 Å². The van der Waals surface area contributed by atoms with Gasteiger partial charge in [-0.05, 0) is 37.1 Å². The Hall–Kier alpha value is -3.88. The minimum atomic E-state index is -1.12. The fourth-order valence-electron chi connectivity index (χ4n) is 4.02. The first-order valence-electron chi connectivity index (χ1n) is 10.3. The number of nitrogens with one attached hydrogen (secondary N) is 2. The maximum atomic E-state index is 13.3. The molecule has 1 fully saturated rings. The van der Waals surface area contributed by atoms with Crippen molar-refractivity contribution in [2.24, 2.45) is 0 Å². The number of aromatic nitrogens is 2. The maximum Gasteiger partial charge on any atom is 0.270 e. The number of carbonyl (C=O) groups is 2. The Labute approximate surface area is 184 Å². The summed E-state index contributed by atoms with van der Waals surface area (Å²) in [7, 11) is 3.04. The van der Waals surface area contributed by atoms with E-state index in [0.29, 0.717) is 35.7 Å². The zero-order valence-corrected chi connectivity index (χ0v) is 17.9. The Morgan fingerprint density at radius 1 is 1.06 bits per heavy atom. The molecule has 0 radical (unpaired) electrons. The largest absolute Gasteiger partial charge is 0.493 e. The average Bonchev–Trinajstić information content (AvgIpc) is 3.29. The van der Waals surface area contributed by atoms with Gasteiger partial charge in [0, 0.05) is 24.1 Å². The van der Waals surface area contributed by atoms with Crippen LogP contribution in [0.4, 0.5) is 5.69 Å². The summed E-state index contributed by atoms with van der Waals surface area (Å²) < 4.78 is 11.8. The summed E-state index contributed by atoms with van der Waals surface area (Å²) in [5, 5.41) is 5.69. The van der Waals surface area contributed by atoms with E-state index >= 15 is 0 Å². The van der Waals surface area contributed by atoms with Crippen molar-refractivity contribution in [2.75, 3.05) is 19.5 Å². The summed E-state index contributed by atoms with van der Waals surface area (Å²) >= 11 is 0. The summed E-state index contributed by atoms with van der Waals surface area (Å²) in [5.41, 5.74) is -0.760. The monoisotopic (exact) mass is 436 g/mol. The second-order valence-corrected chi connectivity index (χ2v) is 7.67. The molecule has 2 N–H and O–H groups in total. The van der Waals surface area contributed by atoms with Gasteiger partial charge in [0.2, 0.25) is 5.91 Å². The SMILES string of the molecule is COc1ccc(NC(=O)C2(NC(=O)c3cnc4ccccn4c3=O)CCCC2)cc1OC. The highest BCUT2D eigenvalue weighted by molar-refractivity contribution is 6.04. The topological polar surface area (TPSA) is 111 Å². The third kappa shape index (κ3) is 3.89. The Kier molecular flexibility index (Phi) is 5.81. The lowest BCUT2D eigenvalue weighted by Crippen LogP contribution is -2.55. The first kappa shape index (κ1) is 21.4. The van der Waals surface area contributed by atoms with Crippen molar-refractivity contribution < 1.29 is 19.1 Å². The molecule has 3 aromatic rings. The number of pyridine rings is 1. The summed E-state index contributed by atoms with van der Waals surface area (Å²) in [4.78, 5) is 43.2. The molecule has 2 amide bonds. The molecule has 4 rings (SSSR count). The maximum absolute atomic E-state index is 13.3. The van der Waals surface area contributed by atoms with E-state index in [-0.39, 0.29) is 11.5 Å². The first-order chi connectivity index (χ1) is 15.5. The number of fused-ring (bicyclic) bond motifs is 1. The van der Waals surface area contributed by atoms with Gasteiger partial charge in [0.15, 0.2) is 11.5 Å². The Bertz CT molecular complexity index is 1230. The summed E-state index contributed by atoms with van der Waals surface area (Å²) in [6, 6.07) is 10.2. The van der Waals surface area contributed by atoms with Crippen LogP contribution in [0.1, 0.15) is 36.0 Å². The van der Waals surface area contributed by atoms with E-state index in [2.05, 4.69) is 15.6 Å². The number of nitrogens with zero attached hydrogens (tertiary/aromatic N) is 2. The second-order valence-electron chi connectivity index (χ2n) is 7.67. The zero-order valence-electron chi connectivity index (χ0n) is 17.9. The summed E-state index contributed by atoms with van der Waals surface area (Å²) in [6.07, 6.45) is 5.32. The third-order valence-corrected chi connectivity index (χ3v) is 5.74. The highest BCUT2D eigenvalue weighted by Gasteiger charge is 2.43. The fourth-order valence-corrected chi connectivity index (χ4v) is 4.02. The van der Waals surface area contributed by atoms with Crippen molar-refractivity contribution in [3.63, 3.8) is 0 Å². The van der Waals surface area contributed by atoms with E-state index in [1.54, 1.807) is 42.6 Å². The summed E-state index contributed by atoms with van der Waals surface area (Å²) in [6.45, 7) is 0. The van der Waals surface area contributed by atoms with Gasteiger partial charge in [0.05, 0.1) is 14.2 Å². The van der Waals surface area contributed by atoms with Crippen molar-refractivity contribution in [3.8, 4) is 11.5 Å². The van der Waals surface area contributed by atoms with Gasteiger partial charge in [-0.3, -0.25) is 18.8 Å². The van der Waals surface area contributed by atoms with E-state index < -0.39 is 17.0 Å². The Balaban J connectivity index is 1.59. The van der Waals surface area contributed by atoms with Crippen LogP contribution in [0, 0.1) is 0 Å². The third-order valence-electron chi connectivity index (χ3n) is 5.74. The molecule has 0 aliphatic heterocycles. The van der Waals surface area contributed by atoms with Crippen LogP contribution in [0.5, 0.6) is 11.5 Å². The Morgan fingerprint density at radius 3 is 2.53 bits per heavy atom. The van der Waals surface area contributed by atoms with Crippen molar-refractivity contribution in [1.82, 2.24) is 14.7 Å². The molecule has 0 unspecified atom stereocenters. The molecule has 9 heteroatoms. The predicted molar refractivity (Wildman–Crippen MR) is 118 cm³/mol. The number of rotatable bonds is 6. The predicted octanol–water partition coefficient (Wildman–Crippen LogP) is 2.39. The normalized spacial score (nSPS) is 14.7. The van der Waals surface area contributed by atoms with Crippen molar-refractivity contribution >= 4 is 23.1 Å². The van der Waals surface area contributed by atoms with E-state index in [0.717, 1.165) is 12.8 Å². The smallest absolute Gasteiger partial charge is 0.270 e. The van der Waals surface area contributed by atoms with Crippen LogP contribution in [-0.4, -0.2) is 41.0 Å². The number of amides is 2. The van der Waals surface area contributed by atoms with Crippen molar-refractivity contribution in [2.45, 2.75) is 31.2 Å². The molecule has 2 aromatic heterocycles. The molecule has 1 aliphatic carbocycles. The minimum absolute atomic E-state index is 0.112. The number of benzene rings is 1. The number of methoxy groups -OCH3 is 2. The van der Waals surface area contributed by atoms with Gasteiger partial charge in [-0.15, -0.1) is 0 Å². The fraction of sp³-hybridized carbons (Fsp3) is 0.304. The zero-order chi connectivity index (χ0) is 22.7.